The highest BCUT2D eigenvalue weighted by Crippen LogP contribution is 2.31. The monoisotopic (exact) mass is 312 g/mol. The Balaban J connectivity index is 2.48. The number of aromatic carboxylic acids is 1. The predicted octanol–water partition coefficient (Wildman–Crippen LogP) is 0.0393. The maximum Gasteiger partial charge on any atom is 0.339 e. The minimum absolute atomic E-state index is 0.0132. The summed E-state index contributed by atoms with van der Waals surface area (Å²) in [5.74, 6) is -2.40. The molecule has 0 aliphatic rings. The SMILES string of the molecule is Cn1[nH]c(=O)c(=O)nc1Sc1cc(F)c(C(=O)O)cc1N. The molecule has 110 valence electrons. The molecule has 8 nitrogen and oxygen atoms in total. The number of nitrogens with zero attached hydrogens (tertiary/aromatic N) is 2. The zero-order valence-electron chi connectivity index (χ0n) is 10.6. The number of aryl methyl sites for hydroxylation is 1. The Bertz CT molecular complexity index is 845. The van der Waals surface area contributed by atoms with Gasteiger partial charge >= 0.3 is 17.1 Å². The number of aromatic amines is 1. The molecular formula is C11H9FN4O4S. The highest BCUT2D eigenvalue weighted by molar-refractivity contribution is 7.99. The van der Waals surface area contributed by atoms with Crippen LogP contribution in [0.3, 0.4) is 0 Å². The van der Waals surface area contributed by atoms with Gasteiger partial charge in [0.1, 0.15) is 5.82 Å². The molecule has 0 atom stereocenters. The molecule has 0 fully saturated rings. The number of anilines is 1. The van der Waals surface area contributed by atoms with Crippen LogP contribution in [0.2, 0.25) is 0 Å². The van der Waals surface area contributed by atoms with Crippen LogP contribution < -0.4 is 16.9 Å². The molecule has 10 heteroatoms. The lowest BCUT2D eigenvalue weighted by atomic mass is 10.2. The van der Waals surface area contributed by atoms with Crippen molar-refractivity contribution < 1.29 is 14.3 Å². The number of hydrogen-bond acceptors (Lipinski definition) is 6. The number of H-pyrrole nitrogens is 1. The van der Waals surface area contributed by atoms with E-state index in [1.54, 1.807) is 0 Å². The van der Waals surface area contributed by atoms with Crippen LogP contribution in [-0.2, 0) is 7.05 Å². The van der Waals surface area contributed by atoms with Gasteiger partial charge in [0.05, 0.1) is 5.56 Å². The van der Waals surface area contributed by atoms with Crippen LogP contribution in [0.15, 0.2) is 31.8 Å². The Morgan fingerprint density at radius 3 is 2.76 bits per heavy atom. The highest BCUT2D eigenvalue weighted by atomic mass is 32.2. The number of rotatable bonds is 3. The summed E-state index contributed by atoms with van der Waals surface area (Å²) in [5, 5.41) is 11.1. The Morgan fingerprint density at radius 1 is 1.48 bits per heavy atom. The van der Waals surface area contributed by atoms with Crippen molar-refractivity contribution in [3.63, 3.8) is 0 Å². The quantitative estimate of drug-likeness (QED) is 0.538. The van der Waals surface area contributed by atoms with Crippen LogP contribution in [0, 0.1) is 5.82 Å². The van der Waals surface area contributed by atoms with Crippen LogP contribution >= 0.6 is 11.8 Å². The Kier molecular flexibility index (Phi) is 3.80. The third kappa shape index (κ3) is 2.94. The molecular weight excluding hydrogens is 303 g/mol. The smallest absolute Gasteiger partial charge is 0.339 e. The van der Waals surface area contributed by atoms with E-state index in [0.29, 0.717) is 0 Å². The molecule has 1 aromatic carbocycles. The van der Waals surface area contributed by atoms with Crippen LogP contribution in [0.4, 0.5) is 10.1 Å². The van der Waals surface area contributed by atoms with Gasteiger partial charge in [0.25, 0.3) is 0 Å². The van der Waals surface area contributed by atoms with E-state index in [-0.39, 0.29) is 15.7 Å². The summed E-state index contributed by atoms with van der Waals surface area (Å²) in [4.78, 5) is 36.8. The lowest BCUT2D eigenvalue weighted by molar-refractivity contribution is 0.0692. The molecule has 2 aromatic rings. The molecule has 0 aliphatic heterocycles. The first-order valence-electron chi connectivity index (χ1n) is 5.47. The average Bonchev–Trinajstić information content (AvgIpc) is 2.39. The standard InChI is InChI=1S/C11H9FN4O4S/c1-16-11(14-8(17)9(18)15-16)21-7-3-5(12)4(10(19)20)2-6(7)13/h2-3H,13H2,1H3,(H,15,18)(H,19,20). The van der Waals surface area contributed by atoms with Crippen molar-refractivity contribution in [3.8, 4) is 0 Å². The number of carboxylic acids is 1. The van der Waals surface area contributed by atoms with Gasteiger partial charge in [-0.15, -0.1) is 0 Å². The predicted molar refractivity (Wildman–Crippen MR) is 72.0 cm³/mol. The van der Waals surface area contributed by atoms with Gasteiger partial charge in [-0.3, -0.25) is 19.4 Å². The third-order valence-corrected chi connectivity index (χ3v) is 3.60. The molecule has 0 amide bonds. The number of nitrogens with two attached hydrogens (primary N) is 1. The van der Waals surface area contributed by atoms with E-state index in [0.717, 1.165) is 23.9 Å². The molecule has 4 N–H and O–H groups in total. The van der Waals surface area contributed by atoms with Crippen molar-refractivity contribution >= 4 is 23.4 Å². The maximum atomic E-state index is 13.6. The summed E-state index contributed by atoms with van der Waals surface area (Å²) in [6.45, 7) is 0. The summed E-state index contributed by atoms with van der Waals surface area (Å²) < 4.78 is 14.8. The second-order valence-corrected chi connectivity index (χ2v) is 4.99. The van der Waals surface area contributed by atoms with Crippen molar-refractivity contribution in [2.45, 2.75) is 10.1 Å². The number of hydrogen-bond donors (Lipinski definition) is 3. The second-order valence-electron chi connectivity index (χ2n) is 3.98. The number of nitrogens with one attached hydrogen (secondary N) is 1. The van der Waals surface area contributed by atoms with Gasteiger partial charge in [0.15, 0.2) is 5.16 Å². The first-order chi connectivity index (χ1) is 9.79. The fourth-order valence-corrected chi connectivity index (χ4v) is 2.32. The molecule has 0 aliphatic carbocycles. The summed E-state index contributed by atoms with van der Waals surface area (Å²) in [6, 6.07) is 1.91. The van der Waals surface area contributed by atoms with Crippen molar-refractivity contribution in [3.05, 3.63) is 44.2 Å². The summed E-state index contributed by atoms with van der Waals surface area (Å²) >= 11 is 0.822. The van der Waals surface area contributed by atoms with Crippen LogP contribution in [0.1, 0.15) is 10.4 Å². The number of carboxylic acid groups (broad SMARTS) is 1. The molecule has 21 heavy (non-hydrogen) atoms. The first-order valence-corrected chi connectivity index (χ1v) is 6.28. The van der Waals surface area contributed by atoms with Crippen LogP contribution in [0.25, 0.3) is 0 Å². The Morgan fingerprint density at radius 2 is 2.14 bits per heavy atom. The molecule has 0 saturated heterocycles. The number of benzene rings is 1. The Labute approximate surface area is 120 Å². The normalized spacial score (nSPS) is 10.6. The van der Waals surface area contributed by atoms with Crippen molar-refractivity contribution in [2.75, 3.05) is 5.73 Å². The van der Waals surface area contributed by atoms with E-state index in [9.17, 15) is 18.8 Å². The van der Waals surface area contributed by atoms with Crippen LogP contribution in [0.5, 0.6) is 0 Å². The number of nitrogen functional groups attached to an aromatic ring is 1. The number of aromatic nitrogens is 3. The van der Waals surface area contributed by atoms with E-state index in [4.69, 9.17) is 10.8 Å². The molecule has 1 heterocycles. The molecule has 0 spiro atoms. The molecule has 1 aromatic heterocycles. The topological polar surface area (TPSA) is 131 Å². The van der Waals surface area contributed by atoms with Crippen LogP contribution in [-0.4, -0.2) is 25.8 Å². The van der Waals surface area contributed by atoms with Gasteiger partial charge in [-0.25, -0.2) is 9.18 Å². The van der Waals surface area contributed by atoms with E-state index in [2.05, 4.69) is 10.1 Å². The summed E-state index contributed by atoms with van der Waals surface area (Å²) in [5.41, 5.74) is 3.24. The van der Waals surface area contributed by atoms with Gasteiger partial charge in [0, 0.05) is 17.6 Å². The Hall–Kier alpha value is -2.62. The third-order valence-electron chi connectivity index (χ3n) is 2.48. The molecule has 0 saturated carbocycles. The zero-order valence-corrected chi connectivity index (χ0v) is 11.4. The molecule has 0 bridgehead atoms. The fraction of sp³-hybridized carbons (Fsp3) is 0.0909. The van der Waals surface area contributed by atoms with Crippen molar-refractivity contribution in [2.24, 2.45) is 7.05 Å². The first kappa shape index (κ1) is 14.8. The van der Waals surface area contributed by atoms with E-state index in [1.807, 2.05) is 0 Å². The average molecular weight is 312 g/mol. The number of halogens is 1. The number of carbonyl (C=O) groups is 1. The van der Waals surface area contributed by atoms with Gasteiger partial charge < -0.3 is 10.8 Å². The van der Waals surface area contributed by atoms with E-state index in [1.165, 1.54) is 11.7 Å². The minimum atomic E-state index is -1.44. The second kappa shape index (κ2) is 5.40. The minimum Gasteiger partial charge on any atom is -0.478 e. The largest absolute Gasteiger partial charge is 0.478 e. The summed E-state index contributed by atoms with van der Waals surface area (Å²) in [7, 11) is 1.44. The van der Waals surface area contributed by atoms with Gasteiger partial charge in [-0.1, -0.05) is 0 Å². The van der Waals surface area contributed by atoms with Gasteiger partial charge in [0.2, 0.25) is 0 Å². The van der Waals surface area contributed by atoms with Crippen molar-refractivity contribution in [1.82, 2.24) is 14.8 Å². The molecule has 2 rings (SSSR count). The fourth-order valence-electron chi connectivity index (χ4n) is 1.47. The highest BCUT2D eigenvalue weighted by Gasteiger charge is 2.16. The van der Waals surface area contributed by atoms with E-state index >= 15 is 0 Å². The zero-order chi connectivity index (χ0) is 15.7. The maximum absolute atomic E-state index is 13.6. The molecule has 0 radical (unpaired) electrons. The van der Waals surface area contributed by atoms with Crippen molar-refractivity contribution in [1.29, 1.82) is 0 Å². The lowest BCUT2D eigenvalue weighted by Gasteiger charge is -2.09. The van der Waals surface area contributed by atoms with E-state index < -0.39 is 28.5 Å². The van der Waals surface area contributed by atoms with Gasteiger partial charge in [-0.05, 0) is 23.9 Å². The lowest BCUT2D eigenvalue weighted by Crippen LogP contribution is -2.33. The van der Waals surface area contributed by atoms with Gasteiger partial charge in [-0.2, -0.15) is 4.98 Å². The molecule has 0 unspecified atom stereocenters. The summed E-state index contributed by atoms with van der Waals surface area (Å²) in [6.07, 6.45) is 0.